The third-order valence-electron chi connectivity index (χ3n) is 6.68. The van der Waals surface area contributed by atoms with Gasteiger partial charge in [0.1, 0.15) is 27.9 Å². The van der Waals surface area contributed by atoms with Crippen molar-refractivity contribution in [3.8, 4) is 0 Å². The second-order valence-corrected chi connectivity index (χ2v) is 11.2. The number of carbonyl (C=O) groups is 1. The zero-order valence-corrected chi connectivity index (χ0v) is 18.5. The summed E-state index contributed by atoms with van der Waals surface area (Å²) in [6, 6.07) is 6.13. The van der Waals surface area contributed by atoms with Gasteiger partial charge >= 0.3 is 0 Å². The Kier molecular flexibility index (Phi) is 5.31. The van der Waals surface area contributed by atoms with Crippen LogP contribution >= 0.6 is 0 Å². The van der Waals surface area contributed by atoms with Gasteiger partial charge in [0, 0.05) is 11.3 Å². The van der Waals surface area contributed by atoms with Gasteiger partial charge in [-0.3, -0.25) is 10.2 Å². The van der Waals surface area contributed by atoms with Crippen LogP contribution in [0.1, 0.15) is 49.2 Å². The minimum absolute atomic E-state index is 0.0198. The highest BCUT2D eigenvalue weighted by Gasteiger charge is 2.58. The summed E-state index contributed by atoms with van der Waals surface area (Å²) in [7, 11) is -3.77. The summed E-state index contributed by atoms with van der Waals surface area (Å²) < 4.78 is 53.2. The van der Waals surface area contributed by atoms with Crippen molar-refractivity contribution in [1.82, 2.24) is 10.3 Å². The van der Waals surface area contributed by atoms with Crippen LogP contribution < -0.4 is 10.6 Å². The molecule has 0 unspecified atom stereocenters. The number of aromatic nitrogens is 1. The van der Waals surface area contributed by atoms with Crippen molar-refractivity contribution in [3.05, 3.63) is 59.4 Å². The molecule has 2 aliphatic rings. The molecule has 2 fully saturated rings. The van der Waals surface area contributed by atoms with Crippen molar-refractivity contribution in [2.24, 2.45) is 5.92 Å². The SMILES string of the molecule is C[C@@]1(C2CCC2)C(=N)N[C@](C)(c2cc(NC(=O)c3ccc(F)cn3)ccc2F)CS1(=O)=O. The fourth-order valence-corrected chi connectivity index (χ4v) is 6.81. The number of pyridine rings is 1. The number of hydrogen-bond donors (Lipinski definition) is 3. The monoisotopic (exact) mass is 462 g/mol. The maximum absolute atomic E-state index is 14.8. The van der Waals surface area contributed by atoms with E-state index in [2.05, 4.69) is 15.6 Å². The molecule has 1 aromatic heterocycles. The molecule has 7 nitrogen and oxygen atoms in total. The smallest absolute Gasteiger partial charge is 0.274 e. The molecule has 0 spiro atoms. The first kappa shape index (κ1) is 22.3. The van der Waals surface area contributed by atoms with Crippen molar-refractivity contribution in [2.75, 3.05) is 11.1 Å². The van der Waals surface area contributed by atoms with E-state index in [1.165, 1.54) is 25.1 Å². The number of anilines is 1. The van der Waals surface area contributed by atoms with Gasteiger partial charge in [0.15, 0.2) is 9.84 Å². The number of nitrogens with zero attached hydrogens (tertiary/aromatic N) is 1. The highest BCUT2D eigenvalue weighted by molar-refractivity contribution is 7.93. The largest absolute Gasteiger partial charge is 0.362 e. The lowest BCUT2D eigenvalue weighted by Crippen LogP contribution is -2.68. The maximum atomic E-state index is 14.8. The summed E-state index contributed by atoms with van der Waals surface area (Å²) in [6.07, 6.45) is 3.32. The molecule has 10 heteroatoms. The Hall–Kier alpha value is -2.88. The Morgan fingerprint density at radius 1 is 1.22 bits per heavy atom. The van der Waals surface area contributed by atoms with Crippen molar-refractivity contribution >= 4 is 27.3 Å². The lowest BCUT2D eigenvalue weighted by Gasteiger charge is -2.50. The Labute approximate surface area is 185 Å². The number of hydrogen-bond acceptors (Lipinski definition) is 5. The van der Waals surface area contributed by atoms with Gasteiger partial charge in [0.05, 0.1) is 17.5 Å². The third kappa shape index (κ3) is 3.56. The first-order valence-electron chi connectivity index (χ1n) is 10.3. The number of rotatable bonds is 4. The molecule has 32 heavy (non-hydrogen) atoms. The molecular weight excluding hydrogens is 438 g/mol. The fourth-order valence-electron chi connectivity index (χ4n) is 4.41. The number of benzene rings is 1. The van der Waals surface area contributed by atoms with E-state index in [1.54, 1.807) is 6.92 Å². The molecule has 1 aliphatic carbocycles. The second-order valence-electron chi connectivity index (χ2n) is 8.84. The van der Waals surface area contributed by atoms with E-state index < -0.39 is 37.7 Å². The zero-order valence-electron chi connectivity index (χ0n) is 17.7. The Balaban J connectivity index is 1.64. The molecule has 1 saturated heterocycles. The van der Waals surface area contributed by atoms with Crippen LogP contribution in [0.2, 0.25) is 0 Å². The first-order valence-corrected chi connectivity index (χ1v) is 11.9. The zero-order chi connectivity index (χ0) is 23.3. The predicted molar refractivity (Wildman–Crippen MR) is 116 cm³/mol. The molecule has 2 aromatic rings. The minimum atomic E-state index is -3.77. The average molecular weight is 463 g/mol. The van der Waals surface area contributed by atoms with E-state index in [0.717, 1.165) is 37.6 Å². The van der Waals surface area contributed by atoms with Gasteiger partial charge in [0.25, 0.3) is 5.91 Å². The standard InChI is InChI=1S/C22H24F2N4O3S/c1-21(12-32(30,31)22(2,20(25)28-21)13-4-3-5-13)16-10-15(7-8-17(16)24)27-19(29)18-9-6-14(23)11-26-18/h6-11,13H,3-5,12H2,1-2H3,(H2,25,28)(H,27,29)/t21-,22+/m0/s1. The van der Waals surface area contributed by atoms with Gasteiger partial charge in [-0.1, -0.05) is 6.42 Å². The molecule has 4 rings (SSSR count). The van der Waals surface area contributed by atoms with Crippen molar-refractivity contribution in [3.63, 3.8) is 0 Å². The van der Waals surface area contributed by atoms with Crippen LogP contribution in [0.5, 0.6) is 0 Å². The van der Waals surface area contributed by atoms with E-state index in [0.29, 0.717) is 0 Å². The summed E-state index contributed by atoms with van der Waals surface area (Å²) in [5, 5.41) is 14.0. The van der Waals surface area contributed by atoms with Gasteiger partial charge < -0.3 is 10.6 Å². The van der Waals surface area contributed by atoms with E-state index in [-0.39, 0.29) is 34.5 Å². The molecule has 1 saturated carbocycles. The van der Waals surface area contributed by atoms with Crippen molar-refractivity contribution < 1.29 is 22.0 Å². The summed E-state index contributed by atoms with van der Waals surface area (Å²) in [5.41, 5.74) is -1.18. The van der Waals surface area contributed by atoms with Crippen LogP contribution in [0, 0.1) is 23.0 Å². The highest BCUT2D eigenvalue weighted by Crippen LogP contribution is 2.46. The van der Waals surface area contributed by atoms with Crippen molar-refractivity contribution in [1.29, 1.82) is 5.41 Å². The number of amides is 1. The number of halogens is 2. The van der Waals surface area contributed by atoms with Crippen LogP contribution in [-0.2, 0) is 15.4 Å². The van der Waals surface area contributed by atoms with Gasteiger partial charge in [-0.2, -0.15) is 0 Å². The van der Waals surface area contributed by atoms with Gasteiger partial charge in [-0.05, 0) is 62.9 Å². The predicted octanol–water partition coefficient (Wildman–Crippen LogP) is 3.38. The Morgan fingerprint density at radius 3 is 2.50 bits per heavy atom. The van der Waals surface area contributed by atoms with Gasteiger partial charge in [-0.15, -0.1) is 0 Å². The normalized spacial score (nSPS) is 27.3. The number of nitrogens with one attached hydrogen (secondary N) is 3. The topological polar surface area (TPSA) is 112 Å². The molecule has 1 aromatic carbocycles. The molecule has 3 N–H and O–H groups in total. The van der Waals surface area contributed by atoms with Crippen LogP contribution in [0.4, 0.5) is 14.5 Å². The summed E-state index contributed by atoms with van der Waals surface area (Å²) in [4.78, 5) is 16.1. The van der Waals surface area contributed by atoms with Gasteiger partial charge in [0.2, 0.25) is 0 Å². The molecule has 1 amide bonds. The quantitative estimate of drug-likeness (QED) is 0.645. The number of carbonyl (C=O) groups excluding carboxylic acids is 1. The van der Waals surface area contributed by atoms with E-state index in [9.17, 15) is 22.0 Å². The van der Waals surface area contributed by atoms with Gasteiger partial charge in [-0.25, -0.2) is 22.2 Å². The molecule has 0 bridgehead atoms. The Bertz CT molecular complexity index is 1200. The lowest BCUT2D eigenvalue weighted by atomic mass is 9.74. The molecule has 0 radical (unpaired) electrons. The second kappa shape index (κ2) is 7.61. The summed E-state index contributed by atoms with van der Waals surface area (Å²) in [5.74, 6) is -2.52. The maximum Gasteiger partial charge on any atom is 0.274 e. The van der Waals surface area contributed by atoms with E-state index in [1.807, 2.05) is 0 Å². The van der Waals surface area contributed by atoms with Crippen LogP contribution in [0.3, 0.4) is 0 Å². The van der Waals surface area contributed by atoms with Crippen LogP contribution in [0.15, 0.2) is 36.5 Å². The molecule has 170 valence electrons. The first-order chi connectivity index (χ1) is 15.0. The number of sulfone groups is 1. The summed E-state index contributed by atoms with van der Waals surface area (Å²) in [6.45, 7) is 3.11. The molecule has 2 heterocycles. The van der Waals surface area contributed by atoms with Crippen molar-refractivity contribution in [2.45, 2.75) is 43.4 Å². The Morgan fingerprint density at radius 2 is 1.94 bits per heavy atom. The van der Waals surface area contributed by atoms with E-state index in [4.69, 9.17) is 5.41 Å². The minimum Gasteiger partial charge on any atom is -0.362 e. The summed E-state index contributed by atoms with van der Waals surface area (Å²) >= 11 is 0. The molecule has 2 atom stereocenters. The highest BCUT2D eigenvalue weighted by atomic mass is 32.2. The fraction of sp³-hybridized carbons (Fsp3) is 0.409. The lowest BCUT2D eigenvalue weighted by molar-refractivity contribution is 0.102. The number of amidine groups is 1. The molecular formula is C22H24F2N4O3S. The van der Waals surface area contributed by atoms with Crippen LogP contribution in [-0.4, -0.2) is 35.6 Å². The average Bonchev–Trinajstić information content (AvgIpc) is 2.66. The van der Waals surface area contributed by atoms with Crippen LogP contribution in [0.25, 0.3) is 0 Å². The molecule has 1 aliphatic heterocycles. The van der Waals surface area contributed by atoms with E-state index >= 15 is 0 Å². The third-order valence-corrected chi connectivity index (χ3v) is 9.47.